The lowest BCUT2D eigenvalue weighted by Crippen LogP contribution is -2.47. The van der Waals surface area contributed by atoms with Gasteiger partial charge in [-0.3, -0.25) is 10.1 Å². The number of nitro groups is 1. The molecule has 2 heterocycles. The molecular weight excluding hydrogens is 464 g/mol. The Morgan fingerprint density at radius 3 is 2.55 bits per heavy atom. The van der Waals surface area contributed by atoms with Crippen molar-refractivity contribution in [1.82, 2.24) is 19.2 Å². The Kier molecular flexibility index (Phi) is 6.79. The highest BCUT2D eigenvalue weighted by molar-refractivity contribution is 7.99. The molecule has 4 rings (SSSR count). The first-order chi connectivity index (χ1) is 15.8. The molecule has 2 aromatic carbocycles. The molecule has 0 amide bonds. The second-order valence-electron chi connectivity index (χ2n) is 7.60. The first-order valence-electron chi connectivity index (χ1n) is 10.4. The largest absolute Gasteiger partial charge is 0.370 e. The quantitative estimate of drug-likeness (QED) is 0.304. The number of hydrogen-bond acceptors (Lipinski definition) is 9. The van der Waals surface area contributed by atoms with E-state index < -0.39 is 14.9 Å². The van der Waals surface area contributed by atoms with Crippen molar-refractivity contribution in [2.24, 2.45) is 0 Å². The molecule has 0 radical (unpaired) electrons. The van der Waals surface area contributed by atoms with Gasteiger partial charge in [-0.15, -0.1) is 0 Å². The minimum absolute atomic E-state index is 0.0872. The number of likely N-dealkylation sites (N-methyl/N-ethyl adjacent to an activating group) is 1. The maximum Gasteiger partial charge on any atom is 0.284 e. The van der Waals surface area contributed by atoms with Crippen molar-refractivity contribution in [2.45, 2.75) is 21.9 Å². The number of nitrogens with one attached hydrogen (secondary N) is 1. The molecule has 0 bridgehead atoms. The average Bonchev–Trinajstić information content (AvgIpc) is 2.79. The van der Waals surface area contributed by atoms with Gasteiger partial charge in [-0.1, -0.05) is 12.1 Å². The minimum Gasteiger partial charge on any atom is -0.370 e. The van der Waals surface area contributed by atoms with E-state index in [1.165, 1.54) is 16.4 Å². The summed E-state index contributed by atoms with van der Waals surface area (Å²) in [5, 5.41) is 16.2. The number of benzene rings is 2. The Bertz CT molecular complexity index is 1290. The van der Waals surface area contributed by atoms with Crippen LogP contribution in [0.3, 0.4) is 0 Å². The molecule has 3 aromatic rings. The number of piperazine rings is 1. The molecule has 1 aliphatic rings. The monoisotopic (exact) mass is 488 g/mol. The summed E-state index contributed by atoms with van der Waals surface area (Å²) in [7, 11) is -1.89. The fourth-order valence-electron chi connectivity index (χ4n) is 3.57. The number of nitro benzene ring substituents is 1. The van der Waals surface area contributed by atoms with Gasteiger partial charge in [0.1, 0.15) is 5.82 Å². The van der Waals surface area contributed by atoms with E-state index in [4.69, 9.17) is 0 Å². The molecule has 0 spiro atoms. The highest BCUT2D eigenvalue weighted by Crippen LogP contribution is 2.36. The molecule has 1 aromatic heterocycles. The Labute approximate surface area is 196 Å². The molecule has 10 nitrogen and oxygen atoms in total. The molecule has 0 atom stereocenters. The van der Waals surface area contributed by atoms with E-state index in [1.54, 1.807) is 0 Å². The van der Waals surface area contributed by atoms with Crippen LogP contribution in [0.1, 0.15) is 6.92 Å². The van der Waals surface area contributed by atoms with E-state index in [1.807, 2.05) is 43.1 Å². The van der Waals surface area contributed by atoms with Crippen LogP contribution in [-0.4, -0.2) is 72.3 Å². The van der Waals surface area contributed by atoms with Crippen LogP contribution < -0.4 is 5.32 Å². The number of sulfonamides is 1. The summed E-state index contributed by atoms with van der Waals surface area (Å²) < 4.78 is 27.5. The zero-order valence-electron chi connectivity index (χ0n) is 18.3. The van der Waals surface area contributed by atoms with Crippen molar-refractivity contribution in [1.29, 1.82) is 0 Å². The van der Waals surface area contributed by atoms with Crippen molar-refractivity contribution in [3.63, 3.8) is 0 Å². The topological polar surface area (TPSA) is 122 Å². The Hall–Kier alpha value is -2.80. The van der Waals surface area contributed by atoms with Crippen LogP contribution in [0.25, 0.3) is 10.9 Å². The summed E-state index contributed by atoms with van der Waals surface area (Å²) in [5.74, 6) is 0.641. The number of aromatic nitrogens is 2. The van der Waals surface area contributed by atoms with Crippen LogP contribution in [0.2, 0.25) is 0 Å². The van der Waals surface area contributed by atoms with Crippen molar-refractivity contribution in [3.05, 3.63) is 52.6 Å². The number of nitrogens with zero attached hydrogens (tertiary/aromatic N) is 5. The van der Waals surface area contributed by atoms with Crippen LogP contribution in [0.15, 0.2) is 57.4 Å². The van der Waals surface area contributed by atoms with E-state index in [2.05, 4.69) is 15.3 Å². The van der Waals surface area contributed by atoms with E-state index in [0.29, 0.717) is 49.2 Å². The number of para-hydroxylation sites is 1. The van der Waals surface area contributed by atoms with Crippen LogP contribution in [0.4, 0.5) is 11.5 Å². The van der Waals surface area contributed by atoms with Crippen LogP contribution >= 0.6 is 11.8 Å². The maximum absolute atomic E-state index is 13.0. The van der Waals surface area contributed by atoms with Gasteiger partial charge in [0.25, 0.3) is 5.69 Å². The van der Waals surface area contributed by atoms with Crippen LogP contribution in [-0.2, 0) is 10.0 Å². The smallest absolute Gasteiger partial charge is 0.284 e. The van der Waals surface area contributed by atoms with Gasteiger partial charge in [-0.25, -0.2) is 18.4 Å². The van der Waals surface area contributed by atoms with Gasteiger partial charge in [0, 0.05) is 44.2 Å². The number of fused-ring (bicyclic) bond motifs is 1. The second-order valence-corrected chi connectivity index (χ2v) is 10.5. The lowest BCUT2D eigenvalue weighted by molar-refractivity contribution is -0.388. The summed E-state index contributed by atoms with van der Waals surface area (Å²) in [6.07, 6.45) is 0. The molecule has 0 unspecified atom stereocenters. The fraction of sp³-hybridized carbons (Fsp3) is 0.333. The second kappa shape index (κ2) is 9.59. The lowest BCUT2D eigenvalue weighted by atomic mass is 10.2. The molecule has 1 N–H and O–H groups in total. The summed E-state index contributed by atoms with van der Waals surface area (Å²) >= 11 is 1.03. The van der Waals surface area contributed by atoms with Crippen molar-refractivity contribution >= 4 is 44.2 Å². The van der Waals surface area contributed by atoms with Crippen molar-refractivity contribution in [2.75, 3.05) is 45.1 Å². The molecule has 174 valence electrons. The summed E-state index contributed by atoms with van der Waals surface area (Å²) in [6, 6.07) is 11.5. The fourth-order valence-corrected chi connectivity index (χ4v) is 5.86. The third-order valence-corrected chi connectivity index (χ3v) is 8.18. The SMILES string of the molecule is CCNc1nc(Sc2ccc(S(=O)(=O)N3CCN(C)CC3)cc2[N+](=O)[O-])nc2ccccc12. The third-order valence-electron chi connectivity index (χ3n) is 5.36. The van der Waals surface area contributed by atoms with Gasteiger partial charge >= 0.3 is 0 Å². The van der Waals surface area contributed by atoms with Gasteiger partial charge < -0.3 is 10.2 Å². The molecule has 0 aliphatic carbocycles. The van der Waals surface area contributed by atoms with E-state index in [-0.39, 0.29) is 15.5 Å². The zero-order valence-corrected chi connectivity index (χ0v) is 19.9. The minimum atomic E-state index is -3.82. The van der Waals surface area contributed by atoms with Gasteiger partial charge in [-0.2, -0.15) is 4.31 Å². The van der Waals surface area contributed by atoms with E-state index in [0.717, 1.165) is 23.2 Å². The zero-order chi connectivity index (χ0) is 23.6. The van der Waals surface area contributed by atoms with Gasteiger partial charge in [0.2, 0.25) is 10.0 Å². The average molecular weight is 489 g/mol. The Balaban J connectivity index is 1.69. The first-order valence-corrected chi connectivity index (χ1v) is 12.7. The molecule has 33 heavy (non-hydrogen) atoms. The molecule has 1 aliphatic heterocycles. The van der Waals surface area contributed by atoms with Crippen molar-refractivity contribution in [3.8, 4) is 0 Å². The number of anilines is 1. The predicted molar refractivity (Wildman–Crippen MR) is 127 cm³/mol. The summed E-state index contributed by atoms with van der Waals surface area (Å²) in [5.41, 5.74) is 0.417. The summed E-state index contributed by atoms with van der Waals surface area (Å²) in [4.78, 5) is 22.5. The highest BCUT2D eigenvalue weighted by atomic mass is 32.2. The number of rotatable bonds is 7. The Morgan fingerprint density at radius 1 is 1.12 bits per heavy atom. The molecular formula is C21H24N6O4S2. The summed E-state index contributed by atoms with van der Waals surface area (Å²) in [6.45, 7) is 4.53. The third kappa shape index (κ3) is 4.93. The normalized spacial score (nSPS) is 15.6. The van der Waals surface area contributed by atoms with Crippen LogP contribution in [0, 0.1) is 10.1 Å². The molecule has 1 saturated heterocycles. The molecule has 0 saturated carbocycles. The van der Waals surface area contributed by atoms with E-state index >= 15 is 0 Å². The van der Waals surface area contributed by atoms with Gasteiger partial charge in [0.05, 0.1) is 20.2 Å². The van der Waals surface area contributed by atoms with Crippen LogP contribution in [0.5, 0.6) is 0 Å². The van der Waals surface area contributed by atoms with E-state index in [9.17, 15) is 18.5 Å². The predicted octanol–water partition coefficient (Wildman–Crippen LogP) is 3.06. The lowest BCUT2D eigenvalue weighted by Gasteiger charge is -2.31. The molecule has 1 fully saturated rings. The Morgan fingerprint density at radius 2 is 1.85 bits per heavy atom. The standard InChI is InChI=1S/C21H24N6O4S2/c1-3-22-20-16-6-4-5-7-17(16)23-21(24-20)32-19-9-8-15(14-18(19)27(28)29)33(30,31)26-12-10-25(2)11-13-26/h4-9,14H,3,10-13H2,1-2H3,(H,22,23,24). The number of hydrogen-bond donors (Lipinski definition) is 1. The highest BCUT2D eigenvalue weighted by Gasteiger charge is 2.30. The molecule has 12 heteroatoms. The first kappa shape index (κ1) is 23.4. The van der Waals surface area contributed by atoms with Gasteiger partial charge in [0.15, 0.2) is 5.16 Å². The van der Waals surface area contributed by atoms with Gasteiger partial charge in [-0.05, 0) is 50.0 Å². The maximum atomic E-state index is 13.0. The van der Waals surface area contributed by atoms with Crippen molar-refractivity contribution < 1.29 is 13.3 Å².